The zero-order chi connectivity index (χ0) is 37.5. The van der Waals surface area contributed by atoms with Gasteiger partial charge >= 0.3 is 0 Å². The fraction of sp³-hybridized carbons (Fsp3) is 0. The number of para-hydroxylation sites is 5. The highest BCUT2D eigenvalue weighted by Crippen LogP contribution is 2.41. The summed E-state index contributed by atoms with van der Waals surface area (Å²) in [7, 11) is 0. The Balaban J connectivity index is 1.02. The smallest absolute Gasteiger partial charge is 0.167 e. The summed E-state index contributed by atoms with van der Waals surface area (Å²) >= 11 is 0. The SMILES string of the molecule is c1ccc(-c2nc(-c3ccc4oc5c(-c6ccc7c(c6)c6ccccc6n7-c6ccccc6)cccc5c4c3)nc(-c3cccc4c3oc3ccccc34)n2)cc1. The molecule has 266 valence electrons. The van der Waals surface area contributed by atoms with Crippen LogP contribution in [0.25, 0.3) is 117 Å². The maximum atomic E-state index is 6.70. The Hall–Kier alpha value is -7.83. The van der Waals surface area contributed by atoms with Gasteiger partial charge in [-0.3, -0.25) is 0 Å². The molecule has 0 radical (unpaired) electrons. The molecule has 0 aliphatic carbocycles. The lowest BCUT2D eigenvalue weighted by molar-refractivity contribution is 0.669. The van der Waals surface area contributed by atoms with Gasteiger partial charge in [-0.2, -0.15) is 0 Å². The summed E-state index contributed by atoms with van der Waals surface area (Å²) in [4.78, 5) is 15.2. The van der Waals surface area contributed by atoms with E-state index in [4.69, 9.17) is 23.8 Å². The Kier molecular flexibility index (Phi) is 6.83. The van der Waals surface area contributed by atoms with E-state index >= 15 is 0 Å². The van der Waals surface area contributed by atoms with Crippen molar-refractivity contribution in [2.24, 2.45) is 0 Å². The molecule has 8 aromatic carbocycles. The molecule has 57 heavy (non-hydrogen) atoms. The maximum absolute atomic E-state index is 6.70. The summed E-state index contributed by atoms with van der Waals surface area (Å²) < 4.78 is 15.5. The second-order valence-corrected chi connectivity index (χ2v) is 14.4. The van der Waals surface area contributed by atoms with Crippen molar-refractivity contribution in [1.82, 2.24) is 19.5 Å². The molecular weight excluding hydrogens is 701 g/mol. The van der Waals surface area contributed by atoms with E-state index in [1.165, 1.54) is 16.3 Å². The molecule has 4 heterocycles. The Morgan fingerprint density at radius 3 is 1.72 bits per heavy atom. The lowest BCUT2D eigenvalue weighted by Gasteiger charge is -2.09. The van der Waals surface area contributed by atoms with Crippen molar-refractivity contribution in [3.05, 3.63) is 182 Å². The Bertz CT molecular complexity index is 3530. The largest absolute Gasteiger partial charge is 0.455 e. The van der Waals surface area contributed by atoms with Crippen LogP contribution in [0.1, 0.15) is 0 Å². The van der Waals surface area contributed by atoms with E-state index in [1.807, 2.05) is 72.8 Å². The monoisotopic (exact) mass is 730 g/mol. The van der Waals surface area contributed by atoms with E-state index in [1.54, 1.807) is 0 Å². The Labute approximate surface area is 325 Å². The van der Waals surface area contributed by atoms with Gasteiger partial charge in [0.05, 0.1) is 16.6 Å². The highest BCUT2D eigenvalue weighted by atomic mass is 16.3. The number of hydrogen-bond donors (Lipinski definition) is 0. The zero-order valence-corrected chi connectivity index (χ0v) is 30.4. The molecule has 4 aromatic heterocycles. The molecule has 0 fully saturated rings. The third kappa shape index (κ3) is 4.94. The first kappa shape index (κ1) is 31.5. The highest BCUT2D eigenvalue weighted by molar-refractivity contribution is 6.14. The van der Waals surface area contributed by atoms with Gasteiger partial charge in [-0.05, 0) is 66.2 Å². The first-order valence-electron chi connectivity index (χ1n) is 19.0. The molecule has 0 atom stereocenters. The van der Waals surface area contributed by atoms with Crippen LogP contribution in [0.2, 0.25) is 0 Å². The van der Waals surface area contributed by atoms with Crippen molar-refractivity contribution >= 4 is 65.7 Å². The number of furan rings is 2. The highest BCUT2D eigenvalue weighted by Gasteiger charge is 2.20. The first-order valence-corrected chi connectivity index (χ1v) is 19.0. The minimum absolute atomic E-state index is 0.548. The number of rotatable bonds is 5. The second kappa shape index (κ2) is 12.3. The van der Waals surface area contributed by atoms with E-state index in [-0.39, 0.29) is 0 Å². The van der Waals surface area contributed by atoms with E-state index in [2.05, 4.69) is 114 Å². The van der Waals surface area contributed by atoms with Crippen LogP contribution in [0.4, 0.5) is 0 Å². The van der Waals surface area contributed by atoms with Gasteiger partial charge < -0.3 is 13.4 Å². The molecule has 0 unspecified atom stereocenters. The van der Waals surface area contributed by atoms with Crippen LogP contribution in [-0.2, 0) is 0 Å². The Morgan fingerprint density at radius 1 is 0.333 bits per heavy atom. The minimum atomic E-state index is 0.548. The van der Waals surface area contributed by atoms with E-state index in [0.29, 0.717) is 17.5 Å². The Morgan fingerprint density at radius 2 is 0.895 bits per heavy atom. The van der Waals surface area contributed by atoms with Crippen LogP contribution in [-0.4, -0.2) is 19.5 Å². The number of fused-ring (bicyclic) bond motifs is 9. The van der Waals surface area contributed by atoms with Gasteiger partial charge in [-0.15, -0.1) is 0 Å². The average Bonchev–Trinajstić information content (AvgIpc) is 3.96. The van der Waals surface area contributed by atoms with Crippen molar-refractivity contribution in [3.63, 3.8) is 0 Å². The fourth-order valence-corrected chi connectivity index (χ4v) is 8.43. The van der Waals surface area contributed by atoms with Crippen molar-refractivity contribution in [2.75, 3.05) is 0 Å². The fourth-order valence-electron chi connectivity index (χ4n) is 8.43. The molecule has 0 aliphatic heterocycles. The van der Waals surface area contributed by atoms with Gasteiger partial charge in [-0.1, -0.05) is 121 Å². The maximum Gasteiger partial charge on any atom is 0.167 e. The molecule has 0 saturated heterocycles. The molecule has 6 nitrogen and oxygen atoms in total. The molecule has 12 aromatic rings. The van der Waals surface area contributed by atoms with Crippen molar-refractivity contribution in [3.8, 4) is 51.0 Å². The third-order valence-corrected chi connectivity index (χ3v) is 11.1. The van der Waals surface area contributed by atoms with Crippen LogP contribution in [0.3, 0.4) is 0 Å². The minimum Gasteiger partial charge on any atom is -0.455 e. The summed E-state index contributed by atoms with van der Waals surface area (Å²) in [6.07, 6.45) is 0. The summed E-state index contributed by atoms with van der Waals surface area (Å²) in [5.74, 6) is 1.71. The number of benzene rings is 8. The number of aromatic nitrogens is 4. The van der Waals surface area contributed by atoms with Crippen LogP contribution < -0.4 is 0 Å². The van der Waals surface area contributed by atoms with Gasteiger partial charge in [0.2, 0.25) is 0 Å². The number of nitrogens with zero attached hydrogens (tertiary/aromatic N) is 4. The van der Waals surface area contributed by atoms with Crippen LogP contribution in [0.5, 0.6) is 0 Å². The van der Waals surface area contributed by atoms with Gasteiger partial charge in [0.15, 0.2) is 17.5 Å². The molecule has 6 heteroatoms. The van der Waals surface area contributed by atoms with Crippen LogP contribution in [0.15, 0.2) is 191 Å². The number of hydrogen-bond acceptors (Lipinski definition) is 5. The lowest BCUT2D eigenvalue weighted by Crippen LogP contribution is -2.00. The summed E-state index contributed by atoms with van der Waals surface area (Å²) in [5.41, 5.74) is 11.4. The molecule has 0 bridgehead atoms. The van der Waals surface area contributed by atoms with Crippen LogP contribution in [0, 0.1) is 0 Å². The molecule has 0 saturated carbocycles. The molecular formula is C51H30N4O2. The standard InChI is InChI=1S/C51H30N4O2/c1-3-13-31(14-4-1)49-52-50(54-51(53-49)40-22-12-20-38-37-18-8-10-24-45(37)56-48(38)40)33-26-28-46-42(30-33)39-21-11-19-35(47(39)57-46)32-25-27-44-41(29-32)36-17-7-9-23-43(36)55(44)34-15-5-2-6-16-34/h1-30H. The third-order valence-electron chi connectivity index (χ3n) is 11.1. The average molecular weight is 731 g/mol. The molecule has 0 amide bonds. The predicted molar refractivity (Wildman–Crippen MR) is 230 cm³/mol. The lowest BCUT2D eigenvalue weighted by atomic mass is 10.00. The normalized spacial score (nSPS) is 11.9. The van der Waals surface area contributed by atoms with Gasteiger partial charge in [-0.25, -0.2) is 15.0 Å². The molecule has 0 aliphatic rings. The van der Waals surface area contributed by atoms with E-state index < -0.39 is 0 Å². The van der Waals surface area contributed by atoms with Crippen molar-refractivity contribution in [1.29, 1.82) is 0 Å². The molecule has 0 N–H and O–H groups in total. The van der Waals surface area contributed by atoms with Gasteiger partial charge in [0.1, 0.15) is 22.3 Å². The van der Waals surface area contributed by atoms with Crippen molar-refractivity contribution < 1.29 is 8.83 Å². The molecule has 0 spiro atoms. The van der Waals surface area contributed by atoms with Gasteiger partial charge in [0, 0.05) is 54.7 Å². The summed E-state index contributed by atoms with van der Waals surface area (Å²) in [6, 6.07) is 62.7. The molecule has 12 rings (SSSR count). The second-order valence-electron chi connectivity index (χ2n) is 14.4. The summed E-state index contributed by atoms with van der Waals surface area (Å²) in [6.45, 7) is 0. The van der Waals surface area contributed by atoms with Crippen LogP contribution >= 0.6 is 0 Å². The van der Waals surface area contributed by atoms with Crippen molar-refractivity contribution in [2.45, 2.75) is 0 Å². The first-order chi connectivity index (χ1) is 28.2. The predicted octanol–water partition coefficient (Wildman–Crippen LogP) is 13.4. The zero-order valence-electron chi connectivity index (χ0n) is 30.4. The topological polar surface area (TPSA) is 69.9 Å². The van der Waals surface area contributed by atoms with Gasteiger partial charge in [0.25, 0.3) is 0 Å². The van der Waals surface area contributed by atoms with E-state index in [9.17, 15) is 0 Å². The summed E-state index contributed by atoms with van der Waals surface area (Å²) in [5, 5.41) is 6.51. The quantitative estimate of drug-likeness (QED) is 0.176. The van der Waals surface area contributed by atoms with E-state index in [0.717, 1.165) is 82.9 Å².